The molecule has 2 aliphatic rings. The standard InChI is InChI=1S/C42H72N2O2/c43-41(45)37-31-25-19-11-9-7-5-3-1-2-4-6-8-10-12-20-26-32-38-42(46)44(39-33-27-21-15-13-16-22-28-34-39)40-35-29-23-17-14-18-24-30-36-40/h39-40H,5-38H2,(H2,43,45). The van der Waals surface area contributed by atoms with Gasteiger partial charge in [0.05, 0.1) is 0 Å². The second-order valence-corrected chi connectivity index (χ2v) is 14.5. The monoisotopic (exact) mass is 637 g/mol. The van der Waals surface area contributed by atoms with E-state index in [9.17, 15) is 9.59 Å². The highest BCUT2D eigenvalue weighted by atomic mass is 16.2. The molecule has 0 aliphatic heterocycles. The Balaban J connectivity index is 1.63. The van der Waals surface area contributed by atoms with Crippen molar-refractivity contribution in [1.29, 1.82) is 0 Å². The van der Waals surface area contributed by atoms with Gasteiger partial charge in [-0.3, -0.25) is 9.59 Å². The summed E-state index contributed by atoms with van der Waals surface area (Å²) in [5.74, 6) is 12.8. The first-order valence-corrected chi connectivity index (χ1v) is 20.2. The van der Waals surface area contributed by atoms with Crippen LogP contribution < -0.4 is 5.73 Å². The summed E-state index contributed by atoms with van der Waals surface area (Å²) >= 11 is 0. The maximum absolute atomic E-state index is 13.9. The van der Waals surface area contributed by atoms with Crippen LogP contribution in [-0.4, -0.2) is 28.8 Å². The summed E-state index contributed by atoms with van der Waals surface area (Å²) in [5.41, 5.74) is 5.17. The highest BCUT2D eigenvalue weighted by Gasteiger charge is 2.30. The molecule has 0 saturated heterocycles. The third kappa shape index (κ3) is 21.8. The smallest absolute Gasteiger partial charge is 0.223 e. The van der Waals surface area contributed by atoms with E-state index in [0.29, 0.717) is 24.4 Å². The zero-order chi connectivity index (χ0) is 32.8. The molecule has 0 aromatic rings. The van der Waals surface area contributed by atoms with Crippen molar-refractivity contribution in [2.24, 2.45) is 5.73 Å². The number of hydrogen-bond acceptors (Lipinski definition) is 2. The number of hydrogen-bond donors (Lipinski definition) is 1. The second-order valence-electron chi connectivity index (χ2n) is 14.5. The Morgan fingerprint density at radius 1 is 0.457 bits per heavy atom. The minimum absolute atomic E-state index is 0.187. The van der Waals surface area contributed by atoms with Gasteiger partial charge in [0.1, 0.15) is 0 Å². The molecule has 2 aliphatic carbocycles. The van der Waals surface area contributed by atoms with Gasteiger partial charge in [-0.05, 0) is 63.2 Å². The van der Waals surface area contributed by atoms with E-state index in [4.69, 9.17) is 5.73 Å². The average Bonchev–Trinajstić information content (AvgIpc) is 3.06. The highest BCUT2D eigenvalue weighted by molar-refractivity contribution is 5.77. The van der Waals surface area contributed by atoms with Crippen LogP contribution in [0.2, 0.25) is 0 Å². The molecule has 2 fully saturated rings. The largest absolute Gasteiger partial charge is 0.370 e. The molecule has 2 saturated carbocycles. The van der Waals surface area contributed by atoms with Crippen LogP contribution in [0.5, 0.6) is 0 Å². The minimum atomic E-state index is -0.187. The molecule has 0 heterocycles. The van der Waals surface area contributed by atoms with Gasteiger partial charge in [-0.1, -0.05) is 153 Å². The Kier molecular flexibility index (Phi) is 25.6. The van der Waals surface area contributed by atoms with Crippen LogP contribution in [0.15, 0.2) is 0 Å². The lowest BCUT2D eigenvalue weighted by atomic mass is 9.91. The normalized spacial score (nSPS) is 17.6. The number of primary amides is 1. The SMILES string of the molecule is NC(=O)CCCCCCCCC#CC#CCCCCCCCCC(=O)N(C1CCCCCCCCC1)C1CCCCCCCCC1. The fraction of sp³-hybridized carbons (Fsp3) is 0.857. The molecule has 0 unspecified atom stereocenters. The summed E-state index contributed by atoms with van der Waals surface area (Å²) in [6.45, 7) is 0. The maximum atomic E-state index is 13.9. The molecule has 0 spiro atoms. The predicted molar refractivity (Wildman–Crippen MR) is 196 cm³/mol. The zero-order valence-corrected chi connectivity index (χ0v) is 30.0. The molecular weight excluding hydrogens is 564 g/mol. The van der Waals surface area contributed by atoms with E-state index in [1.54, 1.807) is 0 Å². The molecule has 0 bridgehead atoms. The first kappa shape index (κ1) is 40.2. The van der Waals surface area contributed by atoms with Crippen LogP contribution in [0.25, 0.3) is 0 Å². The van der Waals surface area contributed by atoms with Crippen molar-refractivity contribution in [3.8, 4) is 23.7 Å². The van der Waals surface area contributed by atoms with Crippen molar-refractivity contribution in [3.63, 3.8) is 0 Å². The van der Waals surface area contributed by atoms with Gasteiger partial charge in [0.25, 0.3) is 0 Å². The summed E-state index contributed by atoms with van der Waals surface area (Å²) in [4.78, 5) is 27.2. The Morgan fingerprint density at radius 2 is 0.783 bits per heavy atom. The number of nitrogens with two attached hydrogens (primary N) is 1. The highest BCUT2D eigenvalue weighted by Crippen LogP contribution is 2.29. The van der Waals surface area contributed by atoms with E-state index in [1.807, 2.05) is 0 Å². The van der Waals surface area contributed by atoms with Crippen LogP contribution in [0.3, 0.4) is 0 Å². The Labute approximate surface area is 285 Å². The number of amides is 2. The van der Waals surface area contributed by atoms with Crippen molar-refractivity contribution in [2.45, 2.75) is 230 Å². The molecule has 0 radical (unpaired) electrons. The third-order valence-corrected chi connectivity index (χ3v) is 10.4. The first-order chi connectivity index (χ1) is 22.7. The molecule has 46 heavy (non-hydrogen) atoms. The lowest BCUT2D eigenvalue weighted by molar-refractivity contribution is -0.137. The average molecular weight is 637 g/mol. The summed E-state index contributed by atoms with van der Waals surface area (Å²) in [6.07, 6.45) is 40.9. The molecule has 4 nitrogen and oxygen atoms in total. The van der Waals surface area contributed by atoms with Gasteiger partial charge in [0.2, 0.25) is 11.8 Å². The minimum Gasteiger partial charge on any atom is -0.370 e. The molecule has 262 valence electrons. The summed E-state index contributed by atoms with van der Waals surface area (Å²) in [6, 6.07) is 0.974. The van der Waals surface area contributed by atoms with Crippen LogP contribution in [0.4, 0.5) is 0 Å². The summed E-state index contributed by atoms with van der Waals surface area (Å²) in [7, 11) is 0. The molecule has 0 atom stereocenters. The van der Waals surface area contributed by atoms with Crippen molar-refractivity contribution in [3.05, 3.63) is 0 Å². The Morgan fingerprint density at radius 3 is 1.17 bits per heavy atom. The van der Waals surface area contributed by atoms with Crippen molar-refractivity contribution in [1.82, 2.24) is 4.90 Å². The number of rotatable bonds is 18. The van der Waals surface area contributed by atoms with E-state index in [0.717, 1.165) is 51.4 Å². The van der Waals surface area contributed by atoms with Crippen LogP contribution in [-0.2, 0) is 9.59 Å². The topological polar surface area (TPSA) is 63.4 Å². The fourth-order valence-electron chi connectivity index (χ4n) is 7.60. The molecule has 4 heteroatoms. The number of carbonyl (C=O) groups is 2. The fourth-order valence-corrected chi connectivity index (χ4v) is 7.60. The van der Waals surface area contributed by atoms with Gasteiger partial charge < -0.3 is 10.6 Å². The third-order valence-electron chi connectivity index (χ3n) is 10.4. The van der Waals surface area contributed by atoms with Gasteiger partial charge in [-0.25, -0.2) is 0 Å². The number of carbonyl (C=O) groups excluding carboxylic acids is 2. The van der Waals surface area contributed by atoms with Gasteiger partial charge in [-0.15, -0.1) is 0 Å². The molecule has 0 aromatic carbocycles. The Hall–Kier alpha value is -1.94. The maximum Gasteiger partial charge on any atom is 0.223 e. The van der Waals surface area contributed by atoms with Crippen LogP contribution >= 0.6 is 0 Å². The second kappa shape index (κ2) is 29.2. The van der Waals surface area contributed by atoms with Crippen molar-refractivity contribution in [2.75, 3.05) is 0 Å². The van der Waals surface area contributed by atoms with Crippen molar-refractivity contribution >= 4 is 11.8 Å². The number of nitrogens with zero attached hydrogens (tertiary/aromatic N) is 1. The van der Waals surface area contributed by atoms with Gasteiger partial charge >= 0.3 is 0 Å². The zero-order valence-electron chi connectivity index (χ0n) is 30.0. The van der Waals surface area contributed by atoms with E-state index in [1.165, 1.54) is 161 Å². The number of unbranched alkanes of at least 4 members (excludes halogenated alkanes) is 12. The molecular formula is C42H72N2O2. The first-order valence-electron chi connectivity index (χ1n) is 20.2. The van der Waals surface area contributed by atoms with Crippen LogP contribution in [0, 0.1) is 23.7 Å². The Bertz CT molecular complexity index is 845. The summed E-state index contributed by atoms with van der Waals surface area (Å²) in [5, 5.41) is 0. The van der Waals surface area contributed by atoms with Gasteiger partial charge in [-0.2, -0.15) is 0 Å². The van der Waals surface area contributed by atoms with E-state index in [2.05, 4.69) is 28.6 Å². The van der Waals surface area contributed by atoms with Gasteiger partial charge in [0, 0.05) is 37.8 Å². The molecule has 2 N–H and O–H groups in total. The quantitative estimate of drug-likeness (QED) is 0.120. The van der Waals surface area contributed by atoms with Gasteiger partial charge in [0.15, 0.2) is 0 Å². The molecule has 2 amide bonds. The lowest BCUT2D eigenvalue weighted by Crippen LogP contribution is -2.47. The van der Waals surface area contributed by atoms with Crippen LogP contribution in [0.1, 0.15) is 218 Å². The van der Waals surface area contributed by atoms with E-state index < -0.39 is 0 Å². The van der Waals surface area contributed by atoms with E-state index >= 15 is 0 Å². The summed E-state index contributed by atoms with van der Waals surface area (Å²) < 4.78 is 0. The predicted octanol–water partition coefficient (Wildman–Crippen LogP) is 11.3. The van der Waals surface area contributed by atoms with Crippen molar-refractivity contribution < 1.29 is 9.59 Å². The van der Waals surface area contributed by atoms with E-state index in [-0.39, 0.29) is 5.91 Å². The lowest BCUT2D eigenvalue weighted by Gasteiger charge is -2.40. The molecule has 0 aromatic heterocycles. The molecule has 2 rings (SSSR count).